The van der Waals surface area contributed by atoms with Crippen LogP contribution in [0.25, 0.3) is 0 Å². The van der Waals surface area contributed by atoms with Crippen molar-refractivity contribution in [2.45, 2.75) is 0 Å². The topological polar surface area (TPSA) is 338 Å². The monoisotopic (exact) mass is 809 g/mol. The van der Waals surface area contributed by atoms with Crippen LogP contribution in [0.5, 0.6) is 0 Å². The fourth-order valence-electron chi connectivity index (χ4n) is 6.57. The Balaban J connectivity index is 0. The molecule has 0 heterocycles. The van der Waals surface area contributed by atoms with Gasteiger partial charge in [-0.3, -0.25) is 39.2 Å². The Bertz CT molecular complexity index is 625. The molecule has 0 atom stereocenters. The molecule has 0 bridgehead atoms. The van der Waals surface area contributed by atoms with Crippen molar-refractivity contribution in [1.29, 1.82) is 0 Å². The van der Waals surface area contributed by atoms with Crippen molar-refractivity contribution < 1.29 is 0 Å². The van der Waals surface area contributed by atoms with Gasteiger partial charge in [0.15, 0.2) is 0 Å². The zero-order valence-electron chi connectivity index (χ0n) is 36.0. The Labute approximate surface area is 343 Å². The summed E-state index contributed by atoms with van der Waals surface area (Å²) in [5.41, 5.74) is 69.1. The van der Waals surface area contributed by atoms with Crippen LogP contribution >= 0.6 is 0 Å². The van der Waals surface area contributed by atoms with Gasteiger partial charge in [-0.25, -0.2) is 0 Å². The Kier molecular flexibility index (Phi) is 44.8. The average Bonchev–Trinajstić information content (AvgIpc) is 3.18. The van der Waals surface area contributed by atoms with Crippen molar-refractivity contribution in [3.63, 3.8) is 0 Å². The van der Waals surface area contributed by atoms with E-state index in [0.717, 1.165) is 157 Å². The lowest BCUT2D eigenvalue weighted by molar-refractivity contribution is 0.140. The minimum absolute atomic E-state index is 0.638. The predicted octanol–water partition coefficient (Wildman–Crippen LogP) is -8.11. The van der Waals surface area contributed by atoms with E-state index in [9.17, 15) is 0 Å². The van der Waals surface area contributed by atoms with E-state index in [1.54, 1.807) is 0 Å². The number of nitrogens with two attached hydrogens (primary N) is 12. The molecule has 0 saturated heterocycles. The Morgan fingerprint density at radius 1 is 0.125 bits per heavy atom. The van der Waals surface area contributed by atoms with Crippen LogP contribution in [0.1, 0.15) is 0 Å². The standard InChI is InChI=1S/C26H68N14.C10H28N6/c27-1-9-35(10-2-28)17-21-39(22-18-36(11-3-29)12-4-30)25-26-40(23-19-37(13-5-31)14-6-32)24-20-38(15-7-33)16-8-34;11-1-5-15(6-2-12)9-10-16(7-3-13)8-4-14/h1-34H2;1-14H2. The van der Waals surface area contributed by atoms with Gasteiger partial charge in [0, 0.05) is 236 Å². The van der Waals surface area contributed by atoms with Gasteiger partial charge in [0.05, 0.1) is 0 Å². The predicted molar refractivity (Wildman–Crippen MR) is 240 cm³/mol. The molecule has 0 aliphatic rings. The first-order chi connectivity index (χ1) is 27.3. The molecular weight excluding hydrogens is 713 g/mol. The number of hydrogen-bond donors (Lipinski definition) is 12. The maximum absolute atomic E-state index is 5.86. The molecule has 0 aromatic carbocycles. The third kappa shape index (κ3) is 34.1. The highest BCUT2D eigenvalue weighted by molar-refractivity contribution is 4.73. The number of hydrogen-bond acceptors (Lipinski definition) is 20. The van der Waals surface area contributed by atoms with Crippen LogP contribution < -0.4 is 68.8 Å². The SMILES string of the molecule is NCCN(CCN)CCN(CCN(CCN)CCN)CCN(CCN(CCN)CCN)CCN(CCN)CCN.NCCN(CCN)CCN(CCN)CCN. The van der Waals surface area contributed by atoms with E-state index in [1.807, 2.05) is 0 Å². The first-order valence-corrected chi connectivity index (χ1v) is 21.5. The van der Waals surface area contributed by atoms with Crippen molar-refractivity contribution >= 4 is 0 Å². The molecule has 20 heteroatoms. The third-order valence-electron chi connectivity index (χ3n) is 9.74. The Morgan fingerprint density at radius 2 is 0.196 bits per heavy atom. The lowest BCUT2D eigenvalue weighted by Gasteiger charge is -2.33. The highest BCUT2D eigenvalue weighted by Crippen LogP contribution is 2.00. The van der Waals surface area contributed by atoms with Crippen LogP contribution in [-0.4, -0.2) is 275 Å². The first-order valence-electron chi connectivity index (χ1n) is 21.5. The molecule has 0 aliphatic carbocycles. The summed E-state index contributed by atoms with van der Waals surface area (Å²) in [6, 6.07) is 0. The molecule has 340 valence electrons. The molecule has 0 saturated carbocycles. The fourth-order valence-corrected chi connectivity index (χ4v) is 6.57. The quantitative estimate of drug-likeness (QED) is 0.0272. The highest BCUT2D eigenvalue weighted by Gasteiger charge is 2.16. The van der Waals surface area contributed by atoms with Crippen LogP contribution in [0.4, 0.5) is 0 Å². The van der Waals surface area contributed by atoms with Crippen LogP contribution in [-0.2, 0) is 0 Å². The first kappa shape index (κ1) is 57.3. The Hall–Kier alpha value is -0.800. The van der Waals surface area contributed by atoms with Gasteiger partial charge < -0.3 is 68.8 Å². The zero-order valence-corrected chi connectivity index (χ0v) is 36.0. The van der Waals surface area contributed by atoms with E-state index in [4.69, 9.17) is 68.8 Å². The van der Waals surface area contributed by atoms with Crippen LogP contribution in [0.2, 0.25) is 0 Å². The minimum atomic E-state index is 0.638. The van der Waals surface area contributed by atoms with Gasteiger partial charge in [0.25, 0.3) is 0 Å². The molecular formula is C36H96N20. The fraction of sp³-hybridized carbons (Fsp3) is 1.00. The van der Waals surface area contributed by atoms with E-state index in [-0.39, 0.29) is 0 Å². The van der Waals surface area contributed by atoms with E-state index in [0.29, 0.717) is 78.5 Å². The van der Waals surface area contributed by atoms with Crippen molar-refractivity contribution in [1.82, 2.24) is 39.2 Å². The van der Waals surface area contributed by atoms with Crippen molar-refractivity contribution in [2.75, 3.05) is 236 Å². The summed E-state index contributed by atoms with van der Waals surface area (Å²) in [4.78, 5) is 19.1. The van der Waals surface area contributed by atoms with Gasteiger partial charge >= 0.3 is 0 Å². The molecule has 24 N–H and O–H groups in total. The molecule has 0 fully saturated rings. The maximum atomic E-state index is 5.86. The van der Waals surface area contributed by atoms with Gasteiger partial charge in [0.2, 0.25) is 0 Å². The second-order valence-corrected chi connectivity index (χ2v) is 14.2. The average molecular weight is 809 g/mol. The molecule has 0 rings (SSSR count). The summed E-state index contributed by atoms with van der Waals surface area (Å²) in [5, 5.41) is 0. The molecule has 0 radical (unpaired) electrons. The summed E-state index contributed by atoms with van der Waals surface area (Å²) in [6.07, 6.45) is 0. The maximum Gasteiger partial charge on any atom is 0.0110 e. The Morgan fingerprint density at radius 3 is 0.268 bits per heavy atom. The lowest BCUT2D eigenvalue weighted by Crippen LogP contribution is -2.48. The van der Waals surface area contributed by atoms with Gasteiger partial charge in [-0.05, 0) is 0 Å². The van der Waals surface area contributed by atoms with Crippen LogP contribution in [0.3, 0.4) is 0 Å². The van der Waals surface area contributed by atoms with Gasteiger partial charge in [-0.1, -0.05) is 0 Å². The molecule has 20 nitrogen and oxygen atoms in total. The highest BCUT2D eigenvalue weighted by atomic mass is 15.3. The molecule has 0 unspecified atom stereocenters. The smallest absolute Gasteiger partial charge is 0.0110 e. The van der Waals surface area contributed by atoms with Crippen LogP contribution in [0.15, 0.2) is 0 Å². The van der Waals surface area contributed by atoms with E-state index < -0.39 is 0 Å². The third-order valence-corrected chi connectivity index (χ3v) is 9.74. The normalized spacial score (nSPS) is 12.2. The largest absolute Gasteiger partial charge is 0.329 e. The summed E-state index contributed by atoms with van der Waals surface area (Å²) in [5.74, 6) is 0. The lowest BCUT2D eigenvalue weighted by atomic mass is 10.3. The summed E-state index contributed by atoms with van der Waals surface area (Å²) in [7, 11) is 0. The molecule has 0 amide bonds. The van der Waals surface area contributed by atoms with Gasteiger partial charge in [-0.15, -0.1) is 0 Å². The van der Waals surface area contributed by atoms with Crippen molar-refractivity contribution in [2.24, 2.45) is 68.8 Å². The van der Waals surface area contributed by atoms with E-state index >= 15 is 0 Å². The molecule has 0 aromatic heterocycles. The summed E-state index contributed by atoms with van der Waals surface area (Å²) < 4.78 is 0. The van der Waals surface area contributed by atoms with Crippen LogP contribution in [0, 0.1) is 0 Å². The van der Waals surface area contributed by atoms with Gasteiger partial charge in [0.1, 0.15) is 0 Å². The number of rotatable bonds is 42. The molecule has 0 aliphatic heterocycles. The summed E-state index contributed by atoms with van der Waals surface area (Å²) in [6.45, 7) is 29.8. The summed E-state index contributed by atoms with van der Waals surface area (Å²) >= 11 is 0. The minimum Gasteiger partial charge on any atom is -0.329 e. The number of nitrogens with zero attached hydrogens (tertiary/aromatic N) is 8. The van der Waals surface area contributed by atoms with E-state index in [1.165, 1.54) is 0 Å². The van der Waals surface area contributed by atoms with Gasteiger partial charge in [-0.2, -0.15) is 0 Å². The molecule has 0 spiro atoms. The van der Waals surface area contributed by atoms with Crippen molar-refractivity contribution in [3.8, 4) is 0 Å². The zero-order chi connectivity index (χ0) is 42.1. The molecule has 56 heavy (non-hydrogen) atoms. The van der Waals surface area contributed by atoms with Crippen molar-refractivity contribution in [3.05, 3.63) is 0 Å². The second kappa shape index (κ2) is 43.8. The molecule has 0 aromatic rings. The van der Waals surface area contributed by atoms with E-state index in [2.05, 4.69) is 39.2 Å². The second-order valence-electron chi connectivity index (χ2n) is 14.2.